The second-order valence-corrected chi connectivity index (χ2v) is 8.01. The van der Waals surface area contributed by atoms with Crippen LogP contribution in [0.1, 0.15) is 25.8 Å². The van der Waals surface area contributed by atoms with E-state index in [-0.39, 0.29) is 5.75 Å². The molecule has 7 nitrogen and oxygen atoms in total. The summed E-state index contributed by atoms with van der Waals surface area (Å²) in [5, 5.41) is 6.51. The molecule has 176 valence electrons. The zero-order valence-corrected chi connectivity index (χ0v) is 19.2. The third kappa shape index (κ3) is 9.26. The number of hydrogen-bond donors (Lipinski definition) is 2. The van der Waals surface area contributed by atoms with Crippen LogP contribution >= 0.6 is 0 Å². The van der Waals surface area contributed by atoms with Crippen LogP contribution in [0, 0.1) is 5.92 Å². The maximum Gasteiger partial charge on any atom is 0.387 e. The number of ether oxygens (including phenoxy) is 2. The number of piperazine rings is 1. The van der Waals surface area contributed by atoms with Crippen molar-refractivity contribution in [3.63, 3.8) is 0 Å². The molecule has 0 radical (unpaired) electrons. The van der Waals surface area contributed by atoms with Gasteiger partial charge >= 0.3 is 6.61 Å². The maximum absolute atomic E-state index is 12.8. The normalized spacial score (nSPS) is 16.9. The first kappa shape index (κ1) is 25.1. The lowest BCUT2D eigenvalue weighted by Gasteiger charge is -2.34. The number of nitrogens with one attached hydrogen (secondary N) is 2. The molecule has 1 aromatic rings. The van der Waals surface area contributed by atoms with Crippen LogP contribution in [0.4, 0.5) is 8.78 Å². The van der Waals surface area contributed by atoms with Gasteiger partial charge in [0, 0.05) is 64.5 Å². The summed E-state index contributed by atoms with van der Waals surface area (Å²) in [6.07, 6.45) is 0.837. The lowest BCUT2D eigenvalue weighted by Crippen LogP contribution is -2.47. The Hall–Kier alpha value is -2.13. The van der Waals surface area contributed by atoms with Crippen LogP contribution < -0.4 is 20.1 Å². The van der Waals surface area contributed by atoms with Crippen LogP contribution in [-0.2, 0) is 6.54 Å². The maximum atomic E-state index is 12.8. The van der Waals surface area contributed by atoms with Crippen molar-refractivity contribution in [2.24, 2.45) is 10.9 Å². The Kier molecular flexibility index (Phi) is 10.8. The van der Waals surface area contributed by atoms with Gasteiger partial charge in [0.2, 0.25) is 0 Å². The van der Waals surface area contributed by atoms with E-state index in [2.05, 4.69) is 39.4 Å². The van der Waals surface area contributed by atoms with Gasteiger partial charge in [0.1, 0.15) is 11.5 Å². The minimum atomic E-state index is -2.90. The second kappa shape index (κ2) is 13.3. The number of nitrogens with zero attached hydrogens (tertiary/aromatic N) is 3. The Bertz CT molecular complexity index is 682. The van der Waals surface area contributed by atoms with Gasteiger partial charge in [-0.1, -0.05) is 13.8 Å². The molecular weight excluding hydrogens is 404 g/mol. The van der Waals surface area contributed by atoms with E-state index in [1.807, 2.05) is 6.92 Å². The number of hydrogen-bond acceptors (Lipinski definition) is 5. The molecule has 0 amide bonds. The van der Waals surface area contributed by atoms with Crippen molar-refractivity contribution in [1.29, 1.82) is 0 Å². The minimum absolute atomic E-state index is 0.106. The lowest BCUT2D eigenvalue weighted by atomic mass is 10.1. The standard InChI is InChI=1S/C22H37F2N5O2/c1-5-12-30-19-7-6-18(20(13-19)31-21(23)24)15-27-22(25-3)26-14-17(2)16-29-10-8-28(4)9-11-29/h6-7,13,17,21H,5,8-12,14-16H2,1-4H3,(H2,25,26,27). The third-order valence-corrected chi connectivity index (χ3v) is 5.18. The fourth-order valence-corrected chi connectivity index (χ4v) is 3.40. The number of alkyl halides is 2. The van der Waals surface area contributed by atoms with Crippen molar-refractivity contribution in [3.05, 3.63) is 23.8 Å². The van der Waals surface area contributed by atoms with Gasteiger partial charge in [0.15, 0.2) is 5.96 Å². The predicted octanol–water partition coefficient (Wildman–Crippen LogP) is 2.63. The van der Waals surface area contributed by atoms with E-state index in [9.17, 15) is 8.78 Å². The lowest BCUT2D eigenvalue weighted by molar-refractivity contribution is -0.0505. The molecule has 1 atom stereocenters. The topological polar surface area (TPSA) is 61.4 Å². The smallest absolute Gasteiger partial charge is 0.387 e. The molecule has 1 saturated heterocycles. The average Bonchev–Trinajstić information content (AvgIpc) is 2.74. The molecule has 0 spiro atoms. The highest BCUT2D eigenvalue weighted by Gasteiger charge is 2.16. The zero-order chi connectivity index (χ0) is 22.6. The molecule has 9 heteroatoms. The van der Waals surface area contributed by atoms with Gasteiger partial charge in [-0.05, 0) is 31.5 Å². The van der Waals surface area contributed by atoms with Crippen molar-refractivity contribution < 1.29 is 18.3 Å². The van der Waals surface area contributed by atoms with Crippen molar-refractivity contribution in [1.82, 2.24) is 20.4 Å². The first-order chi connectivity index (χ1) is 14.9. The monoisotopic (exact) mass is 441 g/mol. The van der Waals surface area contributed by atoms with Crippen LogP contribution in [0.5, 0.6) is 11.5 Å². The summed E-state index contributed by atoms with van der Waals surface area (Å²) in [7, 11) is 3.85. The Morgan fingerprint density at radius 2 is 1.94 bits per heavy atom. The summed E-state index contributed by atoms with van der Waals surface area (Å²) in [4.78, 5) is 9.07. The molecule has 2 rings (SSSR count). The average molecular weight is 442 g/mol. The summed E-state index contributed by atoms with van der Waals surface area (Å²) in [5.41, 5.74) is 0.609. The first-order valence-corrected chi connectivity index (χ1v) is 11.0. The van der Waals surface area contributed by atoms with Crippen LogP contribution in [-0.4, -0.2) is 82.3 Å². The molecule has 1 heterocycles. The first-order valence-electron chi connectivity index (χ1n) is 11.0. The molecule has 31 heavy (non-hydrogen) atoms. The quantitative estimate of drug-likeness (QED) is 0.407. The van der Waals surface area contributed by atoms with Gasteiger partial charge in [0.05, 0.1) is 6.61 Å². The van der Waals surface area contributed by atoms with Gasteiger partial charge in [-0.25, -0.2) is 0 Å². The summed E-state index contributed by atoms with van der Waals surface area (Å²) in [6, 6.07) is 5.01. The summed E-state index contributed by atoms with van der Waals surface area (Å²) in [6.45, 7) is 8.34. The number of guanidine groups is 1. The molecule has 1 unspecified atom stereocenters. The van der Waals surface area contributed by atoms with Crippen LogP contribution in [0.2, 0.25) is 0 Å². The van der Waals surface area contributed by atoms with Crippen LogP contribution in [0.3, 0.4) is 0 Å². The molecule has 1 aliphatic heterocycles. The van der Waals surface area contributed by atoms with Crippen molar-refractivity contribution in [3.8, 4) is 11.5 Å². The van der Waals surface area contributed by atoms with Crippen molar-refractivity contribution in [2.45, 2.75) is 33.4 Å². The summed E-state index contributed by atoms with van der Waals surface area (Å²) < 4.78 is 35.9. The van der Waals surface area contributed by atoms with Gasteiger partial charge in [-0.2, -0.15) is 8.78 Å². The van der Waals surface area contributed by atoms with Crippen LogP contribution in [0.25, 0.3) is 0 Å². The van der Waals surface area contributed by atoms with Gasteiger partial charge in [-0.15, -0.1) is 0 Å². The molecule has 1 aromatic carbocycles. The van der Waals surface area contributed by atoms with E-state index in [0.29, 0.717) is 36.3 Å². The van der Waals surface area contributed by atoms with E-state index in [4.69, 9.17) is 9.47 Å². The van der Waals surface area contributed by atoms with E-state index >= 15 is 0 Å². The molecule has 1 fully saturated rings. The molecule has 0 aliphatic carbocycles. The Morgan fingerprint density at radius 1 is 1.19 bits per heavy atom. The molecule has 1 aliphatic rings. The third-order valence-electron chi connectivity index (χ3n) is 5.18. The van der Waals surface area contributed by atoms with E-state index in [1.165, 1.54) is 6.07 Å². The highest BCUT2D eigenvalue weighted by atomic mass is 19.3. The molecule has 2 N–H and O–H groups in total. The number of rotatable bonds is 11. The highest BCUT2D eigenvalue weighted by Crippen LogP contribution is 2.26. The molecule has 0 saturated carbocycles. The predicted molar refractivity (Wildman–Crippen MR) is 120 cm³/mol. The SMILES string of the molecule is CCCOc1ccc(CNC(=NC)NCC(C)CN2CCN(C)CC2)c(OC(F)F)c1. The van der Waals surface area contributed by atoms with Crippen molar-refractivity contribution >= 4 is 5.96 Å². The molecule has 0 aromatic heterocycles. The van der Waals surface area contributed by atoms with E-state index < -0.39 is 6.61 Å². The van der Waals surface area contributed by atoms with Crippen LogP contribution in [0.15, 0.2) is 23.2 Å². The van der Waals surface area contributed by atoms with Crippen molar-refractivity contribution in [2.75, 3.05) is 60.0 Å². The zero-order valence-electron chi connectivity index (χ0n) is 19.2. The number of halogens is 2. The highest BCUT2D eigenvalue weighted by molar-refractivity contribution is 5.79. The molecular formula is C22H37F2N5O2. The summed E-state index contributed by atoms with van der Waals surface area (Å²) in [5.74, 6) is 1.70. The van der Waals surface area contributed by atoms with E-state index in [1.54, 1.807) is 19.2 Å². The van der Waals surface area contributed by atoms with Gasteiger partial charge < -0.3 is 29.9 Å². The Labute approximate surface area is 184 Å². The summed E-state index contributed by atoms with van der Waals surface area (Å²) >= 11 is 0. The van der Waals surface area contributed by atoms with Gasteiger partial charge in [0.25, 0.3) is 0 Å². The second-order valence-electron chi connectivity index (χ2n) is 8.01. The largest absolute Gasteiger partial charge is 0.493 e. The van der Waals surface area contributed by atoms with E-state index in [0.717, 1.165) is 45.7 Å². The number of likely N-dealkylation sites (N-methyl/N-ethyl adjacent to an activating group) is 1. The Balaban J connectivity index is 1.85. The number of aliphatic imine (C=N–C) groups is 1. The molecule has 0 bridgehead atoms. The number of benzene rings is 1. The Morgan fingerprint density at radius 3 is 2.58 bits per heavy atom. The van der Waals surface area contributed by atoms with Gasteiger partial charge in [-0.3, -0.25) is 4.99 Å². The minimum Gasteiger partial charge on any atom is -0.493 e. The fraction of sp³-hybridized carbons (Fsp3) is 0.682. The fourth-order valence-electron chi connectivity index (χ4n) is 3.40.